The first-order chi connectivity index (χ1) is 9.15. The van der Waals surface area contributed by atoms with Gasteiger partial charge in [-0.15, -0.1) is 0 Å². The summed E-state index contributed by atoms with van der Waals surface area (Å²) in [6.07, 6.45) is 6.18. The highest BCUT2D eigenvalue weighted by molar-refractivity contribution is 5.90. The van der Waals surface area contributed by atoms with Gasteiger partial charge in [-0.05, 0) is 26.7 Å². The van der Waals surface area contributed by atoms with Gasteiger partial charge in [-0.3, -0.25) is 4.68 Å². The number of aliphatic hydroxyl groups is 1. The normalized spacial score (nSPS) is 23.9. The summed E-state index contributed by atoms with van der Waals surface area (Å²) in [7, 11) is 0. The molecule has 0 radical (unpaired) electrons. The molecule has 1 aromatic heterocycles. The van der Waals surface area contributed by atoms with E-state index in [9.17, 15) is 9.90 Å². The van der Waals surface area contributed by atoms with Crippen molar-refractivity contribution in [3.63, 3.8) is 0 Å². The first-order valence-corrected chi connectivity index (χ1v) is 7.04. The maximum atomic E-state index is 11.8. The summed E-state index contributed by atoms with van der Waals surface area (Å²) in [6, 6.07) is -0.0225. The second kappa shape index (κ2) is 6.19. The van der Waals surface area contributed by atoms with Crippen LogP contribution in [0.2, 0.25) is 0 Å². The van der Waals surface area contributed by atoms with E-state index in [0.29, 0.717) is 12.2 Å². The summed E-state index contributed by atoms with van der Waals surface area (Å²) in [6.45, 7) is 4.00. The molecule has 0 aromatic carbocycles. The molecule has 1 aliphatic rings. The quantitative estimate of drug-likeness (QED) is 0.673. The maximum absolute atomic E-state index is 11.8. The lowest BCUT2D eigenvalue weighted by Crippen LogP contribution is -2.25. The summed E-state index contributed by atoms with van der Waals surface area (Å²) in [5.41, 5.74) is 1.28. The van der Waals surface area contributed by atoms with Crippen LogP contribution in [0.5, 0.6) is 0 Å². The fraction of sp³-hybridized carbons (Fsp3) is 0.714. The first kappa shape index (κ1) is 14.1. The van der Waals surface area contributed by atoms with Crippen molar-refractivity contribution in [1.82, 2.24) is 9.78 Å². The molecule has 1 saturated carbocycles. The molecule has 1 fully saturated rings. The number of rotatable bonds is 3. The number of nitrogens with zero attached hydrogens (tertiary/aromatic N) is 2. The fourth-order valence-corrected chi connectivity index (χ4v) is 2.72. The van der Waals surface area contributed by atoms with E-state index in [1.807, 2.05) is 6.92 Å². The molecule has 0 bridgehead atoms. The van der Waals surface area contributed by atoms with Crippen LogP contribution >= 0.6 is 0 Å². The number of aliphatic hydroxyl groups excluding tert-OH is 1. The van der Waals surface area contributed by atoms with Gasteiger partial charge in [-0.2, -0.15) is 5.10 Å². The Bertz CT molecular complexity index is 442. The third-order valence-corrected chi connectivity index (χ3v) is 3.80. The fourth-order valence-electron chi connectivity index (χ4n) is 2.72. The van der Waals surface area contributed by atoms with Crippen LogP contribution in [0.4, 0.5) is 0 Å². The zero-order valence-corrected chi connectivity index (χ0v) is 11.6. The highest BCUT2D eigenvalue weighted by Gasteiger charge is 2.27. The second-order valence-corrected chi connectivity index (χ2v) is 5.08. The molecule has 1 heterocycles. The van der Waals surface area contributed by atoms with Crippen LogP contribution in [0.3, 0.4) is 0 Å². The largest absolute Gasteiger partial charge is 0.462 e. The number of esters is 1. The zero-order valence-electron chi connectivity index (χ0n) is 11.6. The number of hydrogen-bond acceptors (Lipinski definition) is 4. The Morgan fingerprint density at radius 3 is 2.95 bits per heavy atom. The summed E-state index contributed by atoms with van der Waals surface area (Å²) >= 11 is 0. The van der Waals surface area contributed by atoms with Gasteiger partial charge >= 0.3 is 5.97 Å². The van der Waals surface area contributed by atoms with Crippen LogP contribution in [-0.4, -0.2) is 33.6 Å². The van der Waals surface area contributed by atoms with E-state index in [4.69, 9.17) is 4.74 Å². The van der Waals surface area contributed by atoms with E-state index in [0.717, 1.165) is 37.8 Å². The van der Waals surface area contributed by atoms with E-state index in [1.54, 1.807) is 17.8 Å². The van der Waals surface area contributed by atoms with Crippen molar-refractivity contribution in [3.8, 4) is 0 Å². The van der Waals surface area contributed by atoms with E-state index < -0.39 is 0 Å². The average molecular weight is 266 g/mol. The molecule has 2 unspecified atom stereocenters. The molecule has 5 nitrogen and oxygen atoms in total. The van der Waals surface area contributed by atoms with Crippen molar-refractivity contribution >= 4 is 5.97 Å². The number of carbonyl (C=O) groups is 1. The van der Waals surface area contributed by atoms with Crippen LogP contribution < -0.4 is 0 Å². The van der Waals surface area contributed by atoms with E-state index in [-0.39, 0.29) is 18.1 Å². The van der Waals surface area contributed by atoms with Crippen molar-refractivity contribution in [3.05, 3.63) is 17.5 Å². The van der Waals surface area contributed by atoms with Gasteiger partial charge in [0, 0.05) is 0 Å². The summed E-state index contributed by atoms with van der Waals surface area (Å²) < 4.78 is 6.80. The van der Waals surface area contributed by atoms with E-state index >= 15 is 0 Å². The standard InChI is InChI=1S/C14H22N2O3/c1-3-19-14(18)11-9-15-16(10(11)2)12-7-5-4-6-8-13(12)17/h9,12-13,17H,3-8H2,1-2H3. The third kappa shape index (κ3) is 2.97. The third-order valence-electron chi connectivity index (χ3n) is 3.80. The van der Waals surface area contributed by atoms with Gasteiger partial charge in [0.05, 0.1) is 30.6 Å². The molecule has 2 rings (SSSR count). The molecule has 1 aliphatic carbocycles. The molecule has 106 valence electrons. The lowest BCUT2D eigenvalue weighted by atomic mass is 10.1. The molecular weight excluding hydrogens is 244 g/mol. The molecule has 0 saturated heterocycles. The van der Waals surface area contributed by atoms with Crippen molar-refractivity contribution in [1.29, 1.82) is 0 Å². The van der Waals surface area contributed by atoms with Gasteiger partial charge in [-0.1, -0.05) is 19.3 Å². The average Bonchev–Trinajstić information content (AvgIpc) is 2.62. The molecule has 5 heteroatoms. The molecule has 2 atom stereocenters. The predicted molar refractivity (Wildman–Crippen MR) is 71.0 cm³/mol. The van der Waals surface area contributed by atoms with Crippen LogP contribution in [-0.2, 0) is 4.74 Å². The van der Waals surface area contributed by atoms with Crippen molar-refractivity contribution in [2.75, 3.05) is 6.61 Å². The molecule has 0 aliphatic heterocycles. The second-order valence-electron chi connectivity index (χ2n) is 5.08. The minimum absolute atomic E-state index is 0.0225. The lowest BCUT2D eigenvalue weighted by molar-refractivity contribution is 0.0524. The molecule has 1 aromatic rings. The Labute approximate surface area is 113 Å². The monoisotopic (exact) mass is 266 g/mol. The number of aromatic nitrogens is 2. The van der Waals surface area contributed by atoms with Gasteiger partial charge in [0.25, 0.3) is 0 Å². The van der Waals surface area contributed by atoms with Crippen molar-refractivity contribution < 1.29 is 14.6 Å². The highest BCUT2D eigenvalue weighted by atomic mass is 16.5. The Kier molecular flexibility index (Phi) is 4.58. The zero-order chi connectivity index (χ0) is 13.8. The predicted octanol–water partition coefficient (Wildman–Crippen LogP) is 2.23. The van der Waals surface area contributed by atoms with E-state index in [2.05, 4.69) is 5.10 Å². The lowest BCUT2D eigenvalue weighted by Gasteiger charge is -2.22. The molecule has 0 amide bonds. The molecule has 19 heavy (non-hydrogen) atoms. The Morgan fingerprint density at radius 2 is 2.21 bits per heavy atom. The summed E-state index contributed by atoms with van der Waals surface area (Å²) in [4.78, 5) is 11.8. The van der Waals surface area contributed by atoms with Crippen LogP contribution in [0.25, 0.3) is 0 Å². The summed E-state index contributed by atoms with van der Waals surface area (Å²) in [5.74, 6) is -0.339. The van der Waals surface area contributed by atoms with Gasteiger partial charge in [0.2, 0.25) is 0 Å². The van der Waals surface area contributed by atoms with Crippen LogP contribution in [0.15, 0.2) is 6.20 Å². The van der Waals surface area contributed by atoms with Gasteiger partial charge in [-0.25, -0.2) is 4.79 Å². The number of hydrogen-bond donors (Lipinski definition) is 1. The first-order valence-electron chi connectivity index (χ1n) is 7.04. The number of carbonyl (C=O) groups excluding carboxylic acids is 1. The minimum Gasteiger partial charge on any atom is -0.462 e. The molecule has 1 N–H and O–H groups in total. The minimum atomic E-state index is -0.379. The van der Waals surface area contributed by atoms with Gasteiger partial charge in [0.1, 0.15) is 5.56 Å². The highest BCUT2D eigenvalue weighted by Crippen LogP contribution is 2.29. The Balaban J connectivity index is 2.22. The van der Waals surface area contributed by atoms with Gasteiger partial charge in [0.15, 0.2) is 0 Å². The van der Waals surface area contributed by atoms with Crippen LogP contribution in [0.1, 0.15) is 61.1 Å². The van der Waals surface area contributed by atoms with Crippen molar-refractivity contribution in [2.24, 2.45) is 0 Å². The van der Waals surface area contributed by atoms with Gasteiger partial charge < -0.3 is 9.84 Å². The Hall–Kier alpha value is -1.36. The summed E-state index contributed by atoms with van der Waals surface area (Å²) in [5, 5.41) is 14.5. The maximum Gasteiger partial charge on any atom is 0.341 e. The smallest absolute Gasteiger partial charge is 0.341 e. The van der Waals surface area contributed by atoms with E-state index in [1.165, 1.54) is 0 Å². The number of ether oxygens (including phenoxy) is 1. The Morgan fingerprint density at radius 1 is 1.47 bits per heavy atom. The van der Waals surface area contributed by atoms with Crippen molar-refractivity contribution in [2.45, 2.75) is 58.1 Å². The molecular formula is C14H22N2O3. The SMILES string of the molecule is CCOC(=O)c1cnn(C2CCCCCC2O)c1C. The van der Waals surface area contributed by atoms with Crippen LogP contribution in [0, 0.1) is 6.92 Å². The molecule has 0 spiro atoms. The topological polar surface area (TPSA) is 64.3 Å².